The number of hydrogen-bond donors (Lipinski definition) is 1. The minimum Gasteiger partial charge on any atom is -0.494 e. The molecular formula is C29H40N6O2S. The van der Waals surface area contributed by atoms with Gasteiger partial charge in [-0.1, -0.05) is 19.9 Å². The number of amides is 1. The van der Waals surface area contributed by atoms with Gasteiger partial charge in [0.1, 0.15) is 11.4 Å². The normalized spacial score (nSPS) is 18.1. The zero-order chi connectivity index (χ0) is 26.6. The van der Waals surface area contributed by atoms with E-state index in [-0.39, 0.29) is 11.9 Å². The highest BCUT2D eigenvalue weighted by Crippen LogP contribution is 2.39. The third-order valence-corrected chi connectivity index (χ3v) is 8.88. The standard InChI is InChI=1S/C29H40N6O2S/c1-20(2)29-32-23(19-38-29)24(18-25(36)34-13-9-30-10-14-34)33-11-6-12-35(16-15-33)27-26-22(7-5-8-31-26)17-21(3)28(27)37-4/h5,7-8,17,19-20,24,30H,6,9-16,18H2,1-4H3. The quantitative estimate of drug-likeness (QED) is 0.485. The molecule has 0 bridgehead atoms. The SMILES string of the molecule is COc1c(C)cc2cccnc2c1N1CCCN(C(CC(=O)N2CCNCC2)c2csc(C(C)C)n2)CC1. The number of pyridine rings is 1. The summed E-state index contributed by atoms with van der Waals surface area (Å²) in [4.78, 5) is 30.1. The van der Waals surface area contributed by atoms with E-state index in [9.17, 15) is 4.79 Å². The van der Waals surface area contributed by atoms with Crippen molar-refractivity contribution in [2.75, 3.05) is 64.4 Å². The number of nitrogens with one attached hydrogen (secondary N) is 1. The van der Waals surface area contributed by atoms with Crippen LogP contribution in [0.1, 0.15) is 54.9 Å². The minimum absolute atomic E-state index is 0.0182. The molecule has 5 rings (SSSR count). The van der Waals surface area contributed by atoms with Crippen molar-refractivity contribution in [2.24, 2.45) is 0 Å². The number of aromatic nitrogens is 2. The second kappa shape index (κ2) is 12.0. The van der Waals surface area contributed by atoms with Gasteiger partial charge in [0.25, 0.3) is 0 Å². The molecule has 1 aromatic carbocycles. The van der Waals surface area contributed by atoms with Crippen LogP contribution in [0.3, 0.4) is 0 Å². The van der Waals surface area contributed by atoms with Gasteiger partial charge in [0.15, 0.2) is 0 Å². The number of carbonyl (C=O) groups excluding carboxylic acids is 1. The van der Waals surface area contributed by atoms with E-state index >= 15 is 0 Å². The zero-order valence-electron chi connectivity index (χ0n) is 23.1. The van der Waals surface area contributed by atoms with E-state index in [1.54, 1.807) is 18.4 Å². The van der Waals surface area contributed by atoms with Gasteiger partial charge in [0.05, 0.1) is 29.4 Å². The summed E-state index contributed by atoms with van der Waals surface area (Å²) < 4.78 is 5.91. The van der Waals surface area contributed by atoms with Gasteiger partial charge < -0.3 is 19.9 Å². The van der Waals surface area contributed by atoms with Crippen molar-refractivity contribution in [3.05, 3.63) is 46.0 Å². The fourth-order valence-corrected chi connectivity index (χ4v) is 6.58. The molecule has 4 heterocycles. The predicted octanol–water partition coefficient (Wildman–Crippen LogP) is 4.21. The van der Waals surface area contributed by atoms with E-state index in [1.807, 2.05) is 17.2 Å². The van der Waals surface area contributed by atoms with Crippen molar-refractivity contribution in [1.82, 2.24) is 25.1 Å². The smallest absolute Gasteiger partial charge is 0.224 e. The number of benzene rings is 1. The lowest BCUT2D eigenvalue weighted by Crippen LogP contribution is -2.47. The summed E-state index contributed by atoms with van der Waals surface area (Å²) in [7, 11) is 1.75. The Morgan fingerprint density at radius 2 is 1.97 bits per heavy atom. The van der Waals surface area contributed by atoms with Crippen LogP contribution in [-0.2, 0) is 4.79 Å². The van der Waals surface area contributed by atoms with Gasteiger partial charge in [-0.3, -0.25) is 14.7 Å². The van der Waals surface area contributed by atoms with Gasteiger partial charge in [0, 0.05) is 81.7 Å². The highest BCUT2D eigenvalue weighted by molar-refractivity contribution is 7.09. The van der Waals surface area contributed by atoms with E-state index in [1.165, 1.54) is 0 Å². The van der Waals surface area contributed by atoms with Gasteiger partial charge in [-0.05, 0) is 31.0 Å². The number of hydrogen-bond acceptors (Lipinski definition) is 8. The molecule has 0 radical (unpaired) electrons. The molecule has 0 saturated carbocycles. The summed E-state index contributed by atoms with van der Waals surface area (Å²) in [6.45, 7) is 13.3. The largest absolute Gasteiger partial charge is 0.494 e. The van der Waals surface area contributed by atoms with Gasteiger partial charge in [-0.25, -0.2) is 4.98 Å². The van der Waals surface area contributed by atoms with Gasteiger partial charge >= 0.3 is 0 Å². The summed E-state index contributed by atoms with van der Waals surface area (Å²) >= 11 is 1.72. The molecule has 2 aliphatic heterocycles. The number of fused-ring (bicyclic) bond motifs is 1. The molecule has 2 saturated heterocycles. The van der Waals surface area contributed by atoms with E-state index in [2.05, 4.69) is 53.4 Å². The maximum atomic E-state index is 13.4. The first kappa shape index (κ1) is 26.8. The number of thiazole rings is 1. The maximum absolute atomic E-state index is 13.4. The molecular weight excluding hydrogens is 496 g/mol. The average molecular weight is 537 g/mol. The van der Waals surface area contributed by atoms with Crippen LogP contribution in [0, 0.1) is 6.92 Å². The van der Waals surface area contributed by atoms with Gasteiger partial charge in [0.2, 0.25) is 5.91 Å². The van der Waals surface area contributed by atoms with Crippen LogP contribution < -0.4 is 15.0 Å². The summed E-state index contributed by atoms with van der Waals surface area (Å²) in [6.07, 6.45) is 3.32. The lowest BCUT2D eigenvalue weighted by atomic mass is 10.1. The van der Waals surface area contributed by atoms with Crippen molar-refractivity contribution in [2.45, 2.75) is 45.6 Å². The number of piperazine rings is 1. The number of nitrogens with zero attached hydrogens (tertiary/aromatic N) is 5. The van der Waals surface area contributed by atoms with Crippen molar-refractivity contribution in [3.63, 3.8) is 0 Å². The molecule has 3 aromatic rings. The van der Waals surface area contributed by atoms with Crippen LogP contribution in [0.2, 0.25) is 0 Å². The number of anilines is 1. The molecule has 204 valence electrons. The van der Waals surface area contributed by atoms with E-state index < -0.39 is 0 Å². The predicted molar refractivity (Wildman–Crippen MR) is 154 cm³/mol. The minimum atomic E-state index is -0.0182. The summed E-state index contributed by atoms with van der Waals surface area (Å²) in [5, 5.41) is 7.79. The van der Waals surface area contributed by atoms with Crippen LogP contribution >= 0.6 is 11.3 Å². The number of ether oxygens (including phenoxy) is 1. The Hall–Kier alpha value is -2.75. The summed E-state index contributed by atoms with van der Waals surface area (Å²) in [5.41, 5.74) is 4.22. The molecule has 2 aromatic heterocycles. The molecule has 0 aliphatic carbocycles. The molecule has 38 heavy (non-hydrogen) atoms. The maximum Gasteiger partial charge on any atom is 0.224 e. The first-order chi connectivity index (χ1) is 18.5. The van der Waals surface area contributed by atoms with Crippen LogP contribution in [-0.4, -0.2) is 85.1 Å². The van der Waals surface area contributed by atoms with E-state index in [0.717, 1.165) is 97.4 Å². The Kier molecular flexibility index (Phi) is 8.45. The Balaban J connectivity index is 1.41. The molecule has 9 heteroatoms. The molecule has 1 amide bonds. The first-order valence-corrected chi connectivity index (χ1v) is 14.7. The first-order valence-electron chi connectivity index (χ1n) is 13.8. The molecule has 1 atom stereocenters. The zero-order valence-corrected chi connectivity index (χ0v) is 23.9. The van der Waals surface area contributed by atoms with Crippen LogP contribution in [0.25, 0.3) is 10.9 Å². The van der Waals surface area contributed by atoms with Crippen LogP contribution in [0.15, 0.2) is 29.8 Å². The third kappa shape index (κ3) is 5.65. The molecule has 2 aliphatic rings. The number of aryl methyl sites for hydroxylation is 1. The highest BCUT2D eigenvalue weighted by Gasteiger charge is 2.31. The van der Waals surface area contributed by atoms with E-state index in [0.29, 0.717) is 12.3 Å². The topological polar surface area (TPSA) is 73.8 Å². The molecule has 0 spiro atoms. The molecule has 1 N–H and O–H groups in total. The second-order valence-electron chi connectivity index (χ2n) is 10.6. The molecule has 1 unspecified atom stereocenters. The van der Waals surface area contributed by atoms with Crippen molar-refractivity contribution >= 4 is 33.8 Å². The fourth-order valence-electron chi connectivity index (χ4n) is 5.70. The lowest BCUT2D eigenvalue weighted by Gasteiger charge is -2.33. The Bertz CT molecular complexity index is 1260. The Labute approximate surface area is 230 Å². The van der Waals surface area contributed by atoms with E-state index in [4.69, 9.17) is 14.7 Å². The lowest BCUT2D eigenvalue weighted by molar-refractivity contribution is -0.133. The van der Waals surface area contributed by atoms with Crippen molar-refractivity contribution in [3.8, 4) is 5.75 Å². The monoisotopic (exact) mass is 536 g/mol. The Morgan fingerprint density at radius 1 is 1.16 bits per heavy atom. The number of rotatable bonds is 7. The van der Waals surface area contributed by atoms with Crippen LogP contribution in [0.4, 0.5) is 5.69 Å². The molecule has 2 fully saturated rings. The summed E-state index contributed by atoms with van der Waals surface area (Å²) in [6, 6.07) is 6.24. The second-order valence-corrected chi connectivity index (χ2v) is 11.5. The highest BCUT2D eigenvalue weighted by atomic mass is 32.1. The molecule has 8 nitrogen and oxygen atoms in total. The fraction of sp³-hybridized carbons (Fsp3) is 0.552. The van der Waals surface area contributed by atoms with Gasteiger partial charge in [-0.15, -0.1) is 11.3 Å². The van der Waals surface area contributed by atoms with Crippen LogP contribution in [0.5, 0.6) is 5.75 Å². The van der Waals surface area contributed by atoms with Crippen molar-refractivity contribution < 1.29 is 9.53 Å². The average Bonchev–Trinajstić information content (AvgIpc) is 3.30. The number of carbonyl (C=O) groups is 1. The third-order valence-electron chi connectivity index (χ3n) is 7.71. The van der Waals surface area contributed by atoms with Crippen molar-refractivity contribution in [1.29, 1.82) is 0 Å². The number of methoxy groups -OCH3 is 1. The summed E-state index contributed by atoms with van der Waals surface area (Å²) in [5.74, 6) is 1.51. The van der Waals surface area contributed by atoms with Gasteiger partial charge in [-0.2, -0.15) is 0 Å². The Morgan fingerprint density at radius 3 is 2.71 bits per heavy atom.